The van der Waals surface area contributed by atoms with Gasteiger partial charge in [0.25, 0.3) is 5.91 Å². The maximum Gasteiger partial charge on any atom is 0.251 e. The molecule has 1 aliphatic heterocycles. The molecule has 1 heterocycles. The van der Waals surface area contributed by atoms with Gasteiger partial charge in [0.05, 0.1) is 0 Å². The third kappa shape index (κ3) is 3.97. The lowest BCUT2D eigenvalue weighted by atomic mass is 9.99. The number of piperidine rings is 1. The zero-order valence-electron chi connectivity index (χ0n) is 12.5. The van der Waals surface area contributed by atoms with E-state index in [1.807, 2.05) is 19.1 Å². The summed E-state index contributed by atoms with van der Waals surface area (Å²) in [4.78, 5) is 14.5. The van der Waals surface area contributed by atoms with Crippen molar-refractivity contribution < 1.29 is 4.79 Å². The van der Waals surface area contributed by atoms with Crippen LogP contribution in [0.1, 0.15) is 35.7 Å². The number of amides is 1. The van der Waals surface area contributed by atoms with Crippen LogP contribution in [0.15, 0.2) is 18.2 Å². The highest BCUT2D eigenvalue weighted by atomic mass is 16.1. The second-order valence-corrected chi connectivity index (χ2v) is 5.85. The summed E-state index contributed by atoms with van der Waals surface area (Å²) in [6, 6.07) is 5.45. The first-order valence-corrected chi connectivity index (χ1v) is 7.43. The van der Waals surface area contributed by atoms with E-state index in [0.717, 1.165) is 31.1 Å². The van der Waals surface area contributed by atoms with Crippen molar-refractivity contribution in [3.63, 3.8) is 0 Å². The van der Waals surface area contributed by atoms with Gasteiger partial charge >= 0.3 is 0 Å². The Morgan fingerprint density at radius 2 is 2.10 bits per heavy atom. The van der Waals surface area contributed by atoms with E-state index in [9.17, 15) is 4.79 Å². The molecule has 0 unspecified atom stereocenters. The van der Waals surface area contributed by atoms with Crippen molar-refractivity contribution in [1.82, 2.24) is 10.2 Å². The van der Waals surface area contributed by atoms with E-state index >= 15 is 0 Å². The number of nitrogens with zero attached hydrogens (tertiary/aromatic N) is 1. The molecule has 2 rings (SSSR count). The van der Waals surface area contributed by atoms with Gasteiger partial charge in [-0.05, 0) is 56.5 Å². The molecule has 1 aromatic carbocycles. The van der Waals surface area contributed by atoms with Crippen molar-refractivity contribution in [1.29, 1.82) is 0 Å². The van der Waals surface area contributed by atoms with Gasteiger partial charge in [-0.25, -0.2) is 0 Å². The molecule has 0 atom stereocenters. The number of likely N-dealkylation sites (tertiary alicyclic amines) is 1. The van der Waals surface area contributed by atoms with E-state index < -0.39 is 0 Å². The molecular weight excluding hydrogens is 250 g/mol. The zero-order chi connectivity index (χ0) is 14.5. The zero-order valence-corrected chi connectivity index (χ0v) is 12.5. The van der Waals surface area contributed by atoms with Crippen molar-refractivity contribution in [2.24, 2.45) is 5.92 Å². The van der Waals surface area contributed by atoms with E-state index in [2.05, 4.69) is 17.1 Å². The number of nitrogens with two attached hydrogens (primary N) is 1. The Labute approximate surface area is 121 Å². The van der Waals surface area contributed by atoms with E-state index in [1.54, 1.807) is 6.07 Å². The number of nitrogen functional groups attached to an aromatic ring is 1. The Morgan fingerprint density at radius 3 is 2.80 bits per heavy atom. The first kappa shape index (κ1) is 14.9. The summed E-state index contributed by atoms with van der Waals surface area (Å²) < 4.78 is 0. The van der Waals surface area contributed by atoms with Crippen molar-refractivity contribution in [2.75, 3.05) is 31.9 Å². The molecule has 1 fully saturated rings. The number of hydrogen-bond donors (Lipinski definition) is 2. The average Bonchev–Trinajstić information content (AvgIpc) is 2.43. The van der Waals surface area contributed by atoms with Gasteiger partial charge in [0.15, 0.2) is 0 Å². The van der Waals surface area contributed by atoms with Gasteiger partial charge in [0.2, 0.25) is 0 Å². The monoisotopic (exact) mass is 275 g/mol. The Bertz CT molecular complexity index is 465. The number of anilines is 1. The lowest BCUT2D eigenvalue weighted by Gasteiger charge is -2.30. The standard InChI is InChI=1S/C16H25N3O/c1-12-5-8-19(9-6-12)10-7-18-16(20)15-11-14(17)4-3-13(15)2/h3-4,11-12H,5-10,17H2,1-2H3,(H,18,20). The van der Waals surface area contributed by atoms with Crippen LogP contribution in [-0.2, 0) is 0 Å². The maximum atomic E-state index is 12.1. The predicted molar refractivity (Wildman–Crippen MR) is 82.8 cm³/mol. The van der Waals surface area contributed by atoms with Gasteiger partial charge in [-0.15, -0.1) is 0 Å². The lowest BCUT2D eigenvalue weighted by molar-refractivity contribution is 0.0944. The Kier molecular flexibility index (Phi) is 5.01. The molecular formula is C16H25N3O. The molecule has 3 N–H and O–H groups in total. The van der Waals surface area contributed by atoms with Crippen LogP contribution in [0.5, 0.6) is 0 Å². The highest BCUT2D eigenvalue weighted by Gasteiger charge is 2.15. The highest BCUT2D eigenvalue weighted by Crippen LogP contribution is 2.15. The summed E-state index contributed by atoms with van der Waals surface area (Å²) in [6.07, 6.45) is 2.53. The van der Waals surface area contributed by atoms with Crippen molar-refractivity contribution >= 4 is 11.6 Å². The van der Waals surface area contributed by atoms with Crippen molar-refractivity contribution in [3.05, 3.63) is 29.3 Å². The van der Waals surface area contributed by atoms with Gasteiger partial charge in [0.1, 0.15) is 0 Å². The molecule has 1 amide bonds. The molecule has 1 aliphatic rings. The second kappa shape index (κ2) is 6.75. The second-order valence-electron chi connectivity index (χ2n) is 5.85. The predicted octanol–water partition coefficient (Wildman–Crippen LogP) is 2.04. The minimum atomic E-state index is -0.0276. The first-order chi connectivity index (χ1) is 9.56. The fraction of sp³-hybridized carbons (Fsp3) is 0.562. The molecule has 110 valence electrons. The molecule has 0 spiro atoms. The average molecular weight is 275 g/mol. The molecule has 0 saturated carbocycles. The quantitative estimate of drug-likeness (QED) is 0.827. The van der Waals surface area contributed by atoms with Gasteiger partial charge in [-0.2, -0.15) is 0 Å². The van der Waals surface area contributed by atoms with Crippen LogP contribution in [0, 0.1) is 12.8 Å². The molecule has 0 aliphatic carbocycles. The third-order valence-electron chi connectivity index (χ3n) is 4.10. The fourth-order valence-electron chi connectivity index (χ4n) is 2.59. The van der Waals surface area contributed by atoms with E-state index in [-0.39, 0.29) is 5.91 Å². The lowest BCUT2D eigenvalue weighted by Crippen LogP contribution is -2.39. The molecule has 0 aromatic heterocycles. The molecule has 20 heavy (non-hydrogen) atoms. The number of nitrogens with one attached hydrogen (secondary N) is 1. The summed E-state index contributed by atoms with van der Waals surface area (Å²) in [5.41, 5.74) is 8.01. The summed E-state index contributed by atoms with van der Waals surface area (Å²) in [5.74, 6) is 0.816. The number of hydrogen-bond acceptors (Lipinski definition) is 3. The molecule has 1 aromatic rings. The number of aryl methyl sites for hydroxylation is 1. The van der Waals surface area contributed by atoms with Crippen LogP contribution in [0.2, 0.25) is 0 Å². The van der Waals surface area contributed by atoms with Crippen LogP contribution < -0.4 is 11.1 Å². The summed E-state index contributed by atoms with van der Waals surface area (Å²) in [6.45, 7) is 8.16. The minimum absolute atomic E-state index is 0.0276. The fourth-order valence-corrected chi connectivity index (χ4v) is 2.59. The largest absolute Gasteiger partial charge is 0.399 e. The molecule has 0 radical (unpaired) electrons. The molecule has 1 saturated heterocycles. The summed E-state index contributed by atoms with van der Waals surface area (Å²) >= 11 is 0. The van der Waals surface area contributed by atoms with Crippen molar-refractivity contribution in [3.8, 4) is 0 Å². The molecule has 4 nitrogen and oxygen atoms in total. The SMILES string of the molecule is Cc1ccc(N)cc1C(=O)NCCN1CCC(C)CC1. The number of carbonyl (C=O) groups excluding carboxylic acids is 1. The maximum absolute atomic E-state index is 12.1. The Hall–Kier alpha value is -1.55. The van der Waals surface area contributed by atoms with E-state index in [0.29, 0.717) is 17.8 Å². The summed E-state index contributed by atoms with van der Waals surface area (Å²) in [7, 11) is 0. The number of carbonyl (C=O) groups is 1. The first-order valence-electron chi connectivity index (χ1n) is 7.43. The number of rotatable bonds is 4. The third-order valence-corrected chi connectivity index (χ3v) is 4.10. The molecule has 4 heteroatoms. The van der Waals surface area contributed by atoms with Crippen LogP contribution >= 0.6 is 0 Å². The normalized spacial score (nSPS) is 17.1. The van der Waals surface area contributed by atoms with E-state index in [4.69, 9.17) is 5.73 Å². The van der Waals surface area contributed by atoms with Gasteiger partial charge in [-0.3, -0.25) is 4.79 Å². The summed E-state index contributed by atoms with van der Waals surface area (Å²) in [5, 5.41) is 2.99. The van der Waals surface area contributed by atoms with Crippen molar-refractivity contribution in [2.45, 2.75) is 26.7 Å². The molecule has 0 bridgehead atoms. The van der Waals surface area contributed by atoms with Crippen LogP contribution in [0.4, 0.5) is 5.69 Å². The van der Waals surface area contributed by atoms with Gasteiger partial charge in [0, 0.05) is 24.3 Å². The van der Waals surface area contributed by atoms with Crippen LogP contribution in [-0.4, -0.2) is 37.0 Å². The van der Waals surface area contributed by atoms with Gasteiger partial charge < -0.3 is 16.0 Å². The Morgan fingerprint density at radius 1 is 1.40 bits per heavy atom. The smallest absolute Gasteiger partial charge is 0.251 e. The number of benzene rings is 1. The minimum Gasteiger partial charge on any atom is -0.399 e. The van der Waals surface area contributed by atoms with Gasteiger partial charge in [-0.1, -0.05) is 13.0 Å². The van der Waals surface area contributed by atoms with Crippen LogP contribution in [0.25, 0.3) is 0 Å². The van der Waals surface area contributed by atoms with E-state index in [1.165, 1.54) is 12.8 Å². The van der Waals surface area contributed by atoms with Crippen LogP contribution in [0.3, 0.4) is 0 Å². The highest BCUT2D eigenvalue weighted by molar-refractivity contribution is 5.96. The topological polar surface area (TPSA) is 58.4 Å². The Balaban J connectivity index is 1.79.